The number of hydrogen-bond donors (Lipinski definition) is 1. The summed E-state index contributed by atoms with van der Waals surface area (Å²) in [5, 5.41) is 3.12. The summed E-state index contributed by atoms with van der Waals surface area (Å²) in [6.07, 6.45) is -0.731. The molecule has 0 unspecified atom stereocenters. The second-order valence-electron chi connectivity index (χ2n) is 6.76. The average molecular weight is 416 g/mol. The molecule has 146 valence electrons. The highest BCUT2D eigenvalue weighted by Crippen LogP contribution is 2.32. The van der Waals surface area contributed by atoms with Gasteiger partial charge in [-0.25, -0.2) is 9.59 Å². The minimum atomic E-state index is -0.692. The number of rotatable bonds is 4. The zero-order valence-corrected chi connectivity index (χ0v) is 16.8. The van der Waals surface area contributed by atoms with Crippen LogP contribution in [-0.2, 0) is 9.53 Å². The lowest BCUT2D eigenvalue weighted by Crippen LogP contribution is -2.34. The molecular weight excluding hydrogens is 397 g/mol. The summed E-state index contributed by atoms with van der Waals surface area (Å²) in [5.74, 6) is -0.586. The SMILES string of the molecule is Cc1c(Cl)c(=O)oc2cc(OC(=O)CCNC(=O)OC(C)(C)C)c(Cl)cc12. The summed E-state index contributed by atoms with van der Waals surface area (Å²) >= 11 is 12.0. The molecule has 1 amide bonds. The van der Waals surface area contributed by atoms with Gasteiger partial charge in [0.05, 0.1) is 11.4 Å². The Kier molecular flexibility index (Phi) is 6.38. The van der Waals surface area contributed by atoms with Crippen molar-refractivity contribution in [2.24, 2.45) is 0 Å². The fourth-order valence-electron chi connectivity index (χ4n) is 2.16. The molecular formula is C18H19Cl2NO6. The molecule has 2 aromatic rings. The highest BCUT2D eigenvalue weighted by Gasteiger charge is 2.17. The van der Waals surface area contributed by atoms with Gasteiger partial charge in [0.1, 0.15) is 16.2 Å². The summed E-state index contributed by atoms with van der Waals surface area (Å²) in [6.45, 7) is 6.89. The second kappa shape index (κ2) is 8.19. The van der Waals surface area contributed by atoms with Crippen molar-refractivity contribution in [2.45, 2.75) is 39.7 Å². The normalized spacial score (nSPS) is 11.3. The number of esters is 1. The van der Waals surface area contributed by atoms with Crippen molar-refractivity contribution < 1.29 is 23.5 Å². The Bertz CT molecular complexity index is 945. The highest BCUT2D eigenvalue weighted by atomic mass is 35.5. The zero-order valence-electron chi connectivity index (χ0n) is 15.3. The van der Waals surface area contributed by atoms with E-state index in [0.717, 1.165) is 0 Å². The summed E-state index contributed by atoms with van der Waals surface area (Å²) in [6, 6.07) is 2.85. The second-order valence-corrected chi connectivity index (χ2v) is 7.55. The van der Waals surface area contributed by atoms with Gasteiger partial charge in [-0.2, -0.15) is 0 Å². The molecule has 0 aliphatic carbocycles. The van der Waals surface area contributed by atoms with Crippen LogP contribution in [0.25, 0.3) is 11.0 Å². The molecule has 1 aromatic carbocycles. The van der Waals surface area contributed by atoms with Gasteiger partial charge < -0.3 is 19.2 Å². The molecule has 0 bridgehead atoms. The highest BCUT2D eigenvalue weighted by molar-refractivity contribution is 6.34. The third-order valence-electron chi connectivity index (χ3n) is 3.37. The lowest BCUT2D eigenvalue weighted by molar-refractivity contribution is -0.134. The third kappa shape index (κ3) is 5.61. The van der Waals surface area contributed by atoms with Gasteiger partial charge in [0.15, 0.2) is 5.75 Å². The van der Waals surface area contributed by atoms with Gasteiger partial charge in [0, 0.05) is 18.0 Å². The maximum Gasteiger partial charge on any atom is 0.407 e. The third-order valence-corrected chi connectivity index (χ3v) is 4.10. The Morgan fingerprint density at radius 1 is 1.22 bits per heavy atom. The van der Waals surface area contributed by atoms with E-state index < -0.39 is 23.3 Å². The molecule has 9 heteroatoms. The van der Waals surface area contributed by atoms with E-state index in [1.165, 1.54) is 12.1 Å². The molecule has 0 aliphatic heterocycles. The number of halogens is 2. The zero-order chi connectivity index (χ0) is 20.4. The molecule has 1 N–H and O–H groups in total. The first-order chi connectivity index (χ1) is 12.5. The number of hydrogen-bond acceptors (Lipinski definition) is 6. The van der Waals surface area contributed by atoms with E-state index in [1.54, 1.807) is 27.7 Å². The summed E-state index contributed by atoms with van der Waals surface area (Å²) in [4.78, 5) is 35.2. The van der Waals surface area contributed by atoms with Crippen LogP contribution in [0.3, 0.4) is 0 Å². The number of carbonyl (C=O) groups excluding carboxylic acids is 2. The predicted molar refractivity (Wildman–Crippen MR) is 102 cm³/mol. The molecule has 0 aliphatic rings. The van der Waals surface area contributed by atoms with Gasteiger partial charge in [-0.15, -0.1) is 0 Å². The Morgan fingerprint density at radius 2 is 1.89 bits per heavy atom. The van der Waals surface area contributed by atoms with Crippen molar-refractivity contribution in [3.63, 3.8) is 0 Å². The molecule has 1 aromatic heterocycles. The lowest BCUT2D eigenvalue weighted by Gasteiger charge is -2.19. The number of nitrogens with one attached hydrogen (secondary N) is 1. The maximum absolute atomic E-state index is 12.0. The predicted octanol–water partition coefficient (Wildman–Crippen LogP) is 4.23. The summed E-state index contributed by atoms with van der Waals surface area (Å²) in [5.41, 5.74) is -0.609. The number of ether oxygens (including phenoxy) is 2. The monoisotopic (exact) mass is 415 g/mol. The van der Waals surface area contributed by atoms with Crippen LogP contribution < -0.4 is 15.7 Å². The molecule has 2 rings (SSSR count). The largest absolute Gasteiger partial charge is 0.444 e. The number of aryl methyl sites for hydroxylation is 1. The quantitative estimate of drug-likeness (QED) is 0.456. The first kappa shape index (κ1) is 21.1. The molecule has 0 atom stereocenters. The van der Waals surface area contributed by atoms with E-state index in [1.807, 2.05) is 0 Å². The standard InChI is InChI=1S/C18H19Cl2NO6/c1-9-10-7-11(19)13(8-12(10)26-16(23)15(9)20)25-14(22)5-6-21-17(24)27-18(2,3)4/h7-8H,5-6H2,1-4H3,(H,21,24). The molecule has 0 fully saturated rings. The van der Waals surface area contributed by atoms with Crippen molar-refractivity contribution in [1.82, 2.24) is 5.32 Å². The van der Waals surface area contributed by atoms with Crippen molar-refractivity contribution >= 4 is 46.2 Å². The van der Waals surface area contributed by atoms with Crippen molar-refractivity contribution in [3.05, 3.63) is 38.2 Å². The average Bonchev–Trinajstić information content (AvgIpc) is 2.53. The van der Waals surface area contributed by atoms with Crippen LogP contribution in [-0.4, -0.2) is 24.2 Å². The van der Waals surface area contributed by atoms with Gasteiger partial charge in [-0.3, -0.25) is 4.79 Å². The summed E-state index contributed by atoms with van der Waals surface area (Å²) < 4.78 is 15.3. The van der Waals surface area contributed by atoms with E-state index in [-0.39, 0.29) is 34.3 Å². The number of alkyl carbamates (subject to hydrolysis) is 1. The Labute approximate surface area is 165 Å². The molecule has 1 heterocycles. The van der Waals surface area contributed by atoms with Gasteiger partial charge in [0.25, 0.3) is 0 Å². The van der Waals surface area contributed by atoms with Crippen LogP contribution in [0.2, 0.25) is 10.0 Å². The van der Waals surface area contributed by atoms with Crippen LogP contribution in [0.1, 0.15) is 32.8 Å². The topological polar surface area (TPSA) is 94.8 Å². The lowest BCUT2D eigenvalue weighted by atomic mass is 10.1. The Balaban J connectivity index is 2.04. The number of amides is 1. The minimum Gasteiger partial charge on any atom is -0.444 e. The summed E-state index contributed by atoms with van der Waals surface area (Å²) in [7, 11) is 0. The minimum absolute atomic E-state index is 0.0305. The Hall–Kier alpha value is -2.25. The van der Waals surface area contributed by atoms with Crippen LogP contribution in [0.15, 0.2) is 21.3 Å². The van der Waals surface area contributed by atoms with Crippen molar-refractivity contribution in [3.8, 4) is 5.75 Å². The fourth-order valence-corrected chi connectivity index (χ4v) is 2.50. The molecule has 27 heavy (non-hydrogen) atoms. The number of benzene rings is 1. The first-order valence-electron chi connectivity index (χ1n) is 8.08. The Morgan fingerprint density at radius 3 is 2.52 bits per heavy atom. The number of carbonyl (C=O) groups is 2. The van der Waals surface area contributed by atoms with Crippen LogP contribution in [0.4, 0.5) is 4.79 Å². The van der Waals surface area contributed by atoms with E-state index in [4.69, 9.17) is 37.1 Å². The van der Waals surface area contributed by atoms with Crippen LogP contribution in [0.5, 0.6) is 5.75 Å². The van der Waals surface area contributed by atoms with Gasteiger partial charge >= 0.3 is 17.7 Å². The van der Waals surface area contributed by atoms with E-state index in [9.17, 15) is 14.4 Å². The van der Waals surface area contributed by atoms with E-state index in [2.05, 4.69) is 5.32 Å². The smallest absolute Gasteiger partial charge is 0.407 e. The van der Waals surface area contributed by atoms with Gasteiger partial charge in [-0.05, 0) is 39.3 Å². The fraction of sp³-hybridized carbons (Fsp3) is 0.389. The molecule has 0 saturated heterocycles. The number of fused-ring (bicyclic) bond motifs is 1. The van der Waals surface area contributed by atoms with Gasteiger partial charge in [0.2, 0.25) is 0 Å². The van der Waals surface area contributed by atoms with E-state index in [0.29, 0.717) is 10.9 Å². The maximum atomic E-state index is 12.0. The molecule has 0 saturated carbocycles. The van der Waals surface area contributed by atoms with Crippen LogP contribution in [0, 0.1) is 6.92 Å². The van der Waals surface area contributed by atoms with Crippen molar-refractivity contribution in [2.75, 3.05) is 6.54 Å². The van der Waals surface area contributed by atoms with Gasteiger partial charge in [-0.1, -0.05) is 23.2 Å². The van der Waals surface area contributed by atoms with Crippen molar-refractivity contribution in [1.29, 1.82) is 0 Å². The molecule has 0 spiro atoms. The molecule has 0 radical (unpaired) electrons. The first-order valence-corrected chi connectivity index (χ1v) is 8.83. The van der Waals surface area contributed by atoms with Crippen LogP contribution >= 0.6 is 23.2 Å². The van der Waals surface area contributed by atoms with E-state index >= 15 is 0 Å². The molecule has 7 nitrogen and oxygen atoms in total.